The molecule has 1 fully saturated rings. The highest BCUT2D eigenvalue weighted by Gasteiger charge is 2.20. The summed E-state index contributed by atoms with van der Waals surface area (Å²) in [5.41, 5.74) is 1.54. The van der Waals surface area contributed by atoms with E-state index >= 15 is 0 Å². The van der Waals surface area contributed by atoms with E-state index in [9.17, 15) is 4.79 Å². The van der Waals surface area contributed by atoms with Crippen LogP contribution in [0.2, 0.25) is 0 Å². The summed E-state index contributed by atoms with van der Waals surface area (Å²) in [5, 5.41) is 6.49. The van der Waals surface area contributed by atoms with Gasteiger partial charge in [0, 0.05) is 25.0 Å². The molecule has 2 unspecified atom stereocenters. The Labute approximate surface area is 127 Å². The van der Waals surface area contributed by atoms with E-state index in [4.69, 9.17) is 0 Å². The summed E-state index contributed by atoms with van der Waals surface area (Å²) < 4.78 is 0. The van der Waals surface area contributed by atoms with Gasteiger partial charge in [-0.3, -0.25) is 9.78 Å². The molecular formula is C17H27N3O. The molecule has 2 rings (SSSR count). The molecule has 0 bridgehead atoms. The Morgan fingerprint density at radius 2 is 2.19 bits per heavy atom. The molecule has 1 amide bonds. The molecule has 0 aromatic carbocycles. The van der Waals surface area contributed by atoms with Crippen molar-refractivity contribution in [3.8, 4) is 0 Å². The minimum atomic E-state index is 0.00116. The van der Waals surface area contributed by atoms with Gasteiger partial charge in [0.15, 0.2) is 0 Å². The summed E-state index contributed by atoms with van der Waals surface area (Å²) in [6, 6.07) is 2.18. The molecule has 0 radical (unpaired) electrons. The Kier molecular flexibility index (Phi) is 6.03. The third-order valence-corrected chi connectivity index (χ3v) is 4.22. The van der Waals surface area contributed by atoms with Crippen molar-refractivity contribution < 1.29 is 4.79 Å². The van der Waals surface area contributed by atoms with Crippen molar-refractivity contribution in [1.29, 1.82) is 0 Å². The van der Waals surface area contributed by atoms with Crippen LogP contribution in [0.15, 0.2) is 18.5 Å². The van der Waals surface area contributed by atoms with E-state index in [1.807, 2.05) is 6.07 Å². The van der Waals surface area contributed by atoms with E-state index in [-0.39, 0.29) is 5.91 Å². The van der Waals surface area contributed by atoms with Crippen LogP contribution in [0.1, 0.15) is 62.7 Å². The molecule has 2 atom stereocenters. The van der Waals surface area contributed by atoms with Crippen LogP contribution in [-0.4, -0.2) is 23.5 Å². The Balaban J connectivity index is 1.99. The SMILES string of the molecule is CCCNc1ccncc1C(=O)NC1CCCC(C)CC1. The topological polar surface area (TPSA) is 54.0 Å². The summed E-state index contributed by atoms with van der Waals surface area (Å²) in [4.78, 5) is 16.6. The summed E-state index contributed by atoms with van der Waals surface area (Å²) in [6.45, 7) is 5.28. The van der Waals surface area contributed by atoms with Gasteiger partial charge in [0.2, 0.25) is 0 Å². The Hall–Kier alpha value is -1.58. The zero-order chi connectivity index (χ0) is 15.1. The van der Waals surface area contributed by atoms with Crippen molar-refractivity contribution in [3.05, 3.63) is 24.0 Å². The van der Waals surface area contributed by atoms with Crippen LogP contribution in [0.25, 0.3) is 0 Å². The number of hydrogen-bond donors (Lipinski definition) is 2. The zero-order valence-corrected chi connectivity index (χ0v) is 13.2. The normalized spacial score (nSPS) is 22.4. The minimum absolute atomic E-state index is 0.00116. The van der Waals surface area contributed by atoms with Gasteiger partial charge in [-0.05, 0) is 37.7 Å². The summed E-state index contributed by atoms with van der Waals surface area (Å²) in [7, 11) is 0. The van der Waals surface area contributed by atoms with Crippen LogP contribution in [0.4, 0.5) is 5.69 Å². The average molecular weight is 289 g/mol. The first-order chi connectivity index (χ1) is 10.2. The maximum atomic E-state index is 12.5. The molecule has 4 heteroatoms. The molecule has 0 spiro atoms. The number of nitrogens with zero attached hydrogens (tertiary/aromatic N) is 1. The van der Waals surface area contributed by atoms with Gasteiger partial charge in [0.25, 0.3) is 5.91 Å². The highest BCUT2D eigenvalue weighted by Crippen LogP contribution is 2.23. The molecule has 1 saturated carbocycles. The molecule has 1 aromatic heterocycles. The number of anilines is 1. The third-order valence-electron chi connectivity index (χ3n) is 4.22. The zero-order valence-electron chi connectivity index (χ0n) is 13.2. The van der Waals surface area contributed by atoms with E-state index in [1.54, 1.807) is 12.4 Å². The first kappa shape index (κ1) is 15.8. The molecule has 0 aliphatic heterocycles. The molecule has 1 aliphatic carbocycles. The second kappa shape index (κ2) is 8.01. The maximum Gasteiger partial charge on any atom is 0.255 e. The molecular weight excluding hydrogens is 262 g/mol. The number of carbonyl (C=O) groups is 1. The molecule has 4 nitrogen and oxygen atoms in total. The lowest BCUT2D eigenvalue weighted by atomic mass is 10.0. The first-order valence-electron chi connectivity index (χ1n) is 8.19. The van der Waals surface area contributed by atoms with Crippen LogP contribution in [0, 0.1) is 5.92 Å². The second-order valence-corrected chi connectivity index (χ2v) is 6.13. The third kappa shape index (κ3) is 4.73. The molecule has 1 aliphatic rings. The molecule has 0 saturated heterocycles. The minimum Gasteiger partial charge on any atom is -0.384 e. The number of hydrogen-bond acceptors (Lipinski definition) is 3. The van der Waals surface area contributed by atoms with Crippen LogP contribution >= 0.6 is 0 Å². The van der Waals surface area contributed by atoms with E-state index < -0.39 is 0 Å². The lowest BCUT2D eigenvalue weighted by molar-refractivity contribution is 0.0933. The van der Waals surface area contributed by atoms with Crippen molar-refractivity contribution in [2.75, 3.05) is 11.9 Å². The van der Waals surface area contributed by atoms with Crippen LogP contribution in [0.3, 0.4) is 0 Å². The predicted octanol–water partition coefficient (Wildman–Crippen LogP) is 3.60. The van der Waals surface area contributed by atoms with Gasteiger partial charge in [-0.25, -0.2) is 0 Å². The largest absolute Gasteiger partial charge is 0.384 e. The maximum absolute atomic E-state index is 12.5. The van der Waals surface area contributed by atoms with Crippen LogP contribution in [-0.2, 0) is 0 Å². The fourth-order valence-corrected chi connectivity index (χ4v) is 2.88. The Morgan fingerprint density at radius 3 is 3.00 bits per heavy atom. The number of pyridine rings is 1. The van der Waals surface area contributed by atoms with E-state index in [0.717, 1.165) is 37.4 Å². The molecule has 2 N–H and O–H groups in total. The van der Waals surface area contributed by atoms with Gasteiger partial charge in [-0.2, -0.15) is 0 Å². The first-order valence-corrected chi connectivity index (χ1v) is 8.19. The van der Waals surface area contributed by atoms with E-state index in [2.05, 4.69) is 29.5 Å². The van der Waals surface area contributed by atoms with Gasteiger partial charge >= 0.3 is 0 Å². The number of nitrogens with one attached hydrogen (secondary N) is 2. The van der Waals surface area contributed by atoms with Crippen LogP contribution < -0.4 is 10.6 Å². The fraction of sp³-hybridized carbons (Fsp3) is 0.647. The van der Waals surface area contributed by atoms with Gasteiger partial charge in [0.1, 0.15) is 0 Å². The Bertz CT molecular complexity index is 461. The number of amides is 1. The highest BCUT2D eigenvalue weighted by molar-refractivity contribution is 5.99. The quantitative estimate of drug-likeness (QED) is 0.814. The summed E-state index contributed by atoms with van der Waals surface area (Å²) in [6.07, 6.45) is 10.3. The highest BCUT2D eigenvalue weighted by atomic mass is 16.1. The van der Waals surface area contributed by atoms with Crippen molar-refractivity contribution in [3.63, 3.8) is 0 Å². The second-order valence-electron chi connectivity index (χ2n) is 6.13. The predicted molar refractivity (Wildman–Crippen MR) is 86.5 cm³/mol. The number of aromatic nitrogens is 1. The smallest absolute Gasteiger partial charge is 0.255 e. The van der Waals surface area contributed by atoms with Gasteiger partial charge < -0.3 is 10.6 Å². The standard InChI is InChI=1S/C17H27N3O/c1-3-10-19-16-9-11-18-12-15(16)17(21)20-14-6-4-5-13(2)7-8-14/h9,11-14H,3-8,10H2,1-2H3,(H,18,19)(H,20,21). The van der Waals surface area contributed by atoms with Crippen LogP contribution in [0.5, 0.6) is 0 Å². The number of carbonyl (C=O) groups excluding carboxylic acids is 1. The molecule has 21 heavy (non-hydrogen) atoms. The van der Waals surface area contributed by atoms with Gasteiger partial charge in [-0.15, -0.1) is 0 Å². The van der Waals surface area contributed by atoms with Gasteiger partial charge in [-0.1, -0.05) is 26.7 Å². The van der Waals surface area contributed by atoms with Crippen molar-refractivity contribution in [2.24, 2.45) is 5.92 Å². The van der Waals surface area contributed by atoms with Crippen molar-refractivity contribution in [2.45, 2.75) is 58.4 Å². The summed E-state index contributed by atoms with van der Waals surface area (Å²) in [5.74, 6) is 0.785. The monoisotopic (exact) mass is 289 g/mol. The fourth-order valence-electron chi connectivity index (χ4n) is 2.88. The Morgan fingerprint density at radius 1 is 1.33 bits per heavy atom. The van der Waals surface area contributed by atoms with Gasteiger partial charge in [0.05, 0.1) is 11.3 Å². The molecule has 1 aromatic rings. The summed E-state index contributed by atoms with van der Waals surface area (Å²) >= 11 is 0. The van der Waals surface area contributed by atoms with Crippen molar-refractivity contribution in [1.82, 2.24) is 10.3 Å². The lowest BCUT2D eigenvalue weighted by Gasteiger charge is -2.18. The number of rotatable bonds is 5. The average Bonchev–Trinajstić information content (AvgIpc) is 2.70. The van der Waals surface area contributed by atoms with E-state index in [1.165, 1.54) is 19.3 Å². The molecule has 116 valence electrons. The lowest BCUT2D eigenvalue weighted by Crippen LogP contribution is -2.35. The van der Waals surface area contributed by atoms with Crippen molar-refractivity contribution >= 4 is 11.6 Å². The molecule has 1 heterocycles. The van der Waals surface area contributed by atoms with E-state index in [0.29, 0.717) is 11.6 Å².